The van der Waals surface area contributed by atoms with Gasteiger partial charge in [-0.1, -0.05) is 13.8 Å². The fourth-order valence-electron chi connectivity index (χ4n) is 3.87. The number of aromatic nitrogens is 1. The summed E-state index contributed by atoms with van der Waals surface area (Å²) in [6.07, 6.45) is -0.786. The van der Waals surface area contributed by atoms with Crippen LogP contribution in [0.4, 0.5) is 13.2 Å². The van der Waals surface area contributed by atoms with Crippen molar-refractivity contribution in [1.29, 1.82) is 0 Å². The number of hydrogen-bond acceptors (Lipinski definition) is 3. The maximum Gasteiger partial charge on any atom is 0.420 e. The standard InChI is InChI=1S/C19H23F3N2O/c1-11(2)17-23-15-9-13(8-14(16(15)25-17)19(20,21)22)12(3)24-7-6-18(10-24)4-5-18/h8-9,11-12H,4-7,10H2,1-3H3/t12-/m1/s1. The number of likely N-dealkylation sites (tertiary alicyclic amines) is 1. The summed E-state index contributed by atoms with van der Waals surface area (Å²) in [7, 11) is 0. The first-order valence-electron chi connectivity index (χ1n) is 8.94. The molecule has 1 saturated carbocycles. The van der Waals surface area contributed by atoms with Crippen molar-refractivity contribution in [3.05, 3.63) is 29.2 Å². The van der Waals surface area contributed by atoms with E-state index in [1.165, 1.54) is 18.9 Å². The Morgan fingerprint density at radius 2 is 1.88 bits per heavy atom. The van der Waals surface area contributed by atoms with Crippen molar-refractivity contribution in [1.82, 2.24) is 9.88 Å². The average molecular weight is 352 g/mol. The van der Waals surface area contributed by atoms with Crippen molar-refractivity contribution in [2.24, 2.45) is 5.41 Å². The molecule has 1 aromatic carbocycles. The van der Waals surface area contributed by atoms with E-state index in [0.717, 1.165) is 19.5 Å². The molecule has 3 nitrogen and oxygen atoms in total. The van der Waals surface area contributed by atoms with Gasteiger partial charge < -0.3 is 4.42 Å². The van der Waals surface area contributed by atoms with Crippen LogP contribution in [0.3, 0.4) is 0 Å². The second-order valence-electron chi connectivity index (χ2n) is 8.02. The van der Waals surface area contributed by atoms with Gasteiger partial charge >= 0.3 is 6.18 Å². The summed E-state index contributed by atoms with van der Waals surface area (Å²) in [5.41, 5.74) is 0.560. The van der Waals surface area contributed by atoms with Crippen LogP contribution < -0.4 is 0 Å². The number of oxazole rings is 1. The van der Waals surface area contributed by atoms with Gasteiger partial charge in [0.25, 0.3) is 0 Å². The van der Waals surface area contributed by atoms with Gasteiger partial charge in [0.1, 0.15) is 11.1 Å². The zero-order valence-electron chi connectivity index (χ0n) is 14.8. The summed E-state index contributed by atoms with van der Waals surface area (Å²) in [6.45, 7) is 7.66. The fraction of sp³-hybridized carbons (Fsp3) is 0.632. The van der Waals surface area contributed by atoms with Crippen molar-refractivity contribution in [2.75, 3.05) is 13.1 Å². The number of alkyl halides is 3. The Hall–Kier alpha value is -1.56. The molecule has 6 heteroatoms. The summed E-state index contributed by atoms with van der Waals surface area (Å²) < 4.78 is 46.2. The van der Waals surface area contributed by atoms with Crippen molar-refractivity contribution in [2.45, 2.75) is 58.2 Å². The Kier molecular flexibility index (Phi) is 3.69. The van der Waals surface area contributed by atoms with Crippen LogP contribution >= 0.6 is 0 Å². The van der Waals surface area contributed by atoms with Crippen LogP contribution in [-0.2, 0) is 6.18 Å². The quantitative estimate of drug-likeness (QED) is 0.729. The van der Waals surface area contributed by atoms with E-state index in [1.54, 1.807) is 6.07 Å². The smallest absolute Gasteiger partial charge is 0.420 e. The molecule has 1 atom stereocenters. The molecule has 2 fully saturated rings. The molecule has 2 heterocycles. The molecule has 0 radical (unpaired) electrons. The minimum atomic E-state index is -4.45. The third-order valence-electron chi connectivity index (χ3n) is 5.78. The van der Waals surface area contributed by atoms with E-state index in [0.29, 0.717) is 22.4 Å². The zero-order valence-corrected chi connectivity index (χ0v) is 14.8. The lowest BCUT2D eigenvalue weighted by atomic mass is 10.0. The van der Waals surface area contributed by atoms with Crippen molar-refractivity contribution < 1.29 is 17.6 Å². The van der Waals surface area contributed by atoms with Gasteiger partial charge in [0.2, 0.25) is 0 Å². The van der Waals surface area contributed by atoms with Gasteiger partial charge in [0, 0.05) is 18.5 Å². The van der Waals surface area contributed by atoms with Crippen LogP contribution in [0.5, 0.6) is 0 Å². The second-order valence-corrected chi connectivity index (χ2v) is 8.02. The normalized spacial score (nSPS) is 21.6. The highest BCUT2D eigenvalue weighted by molar-refractivity contribution is 5.78. The van der Waals surface area contributed by atoms with Crippen LogP contribution in [0.15, 0.2) is 16.5 Å². The predicted octanol–water partition coefficient (Wildman–Crippen LogP) is 5.52. The Morgan fingerprint density at radius 3 is 2.44 bits per heavy atom. The second kappa shape index (κ2) is 5.47. The van der Waals surface area contributed by atoms with E-state index in [9.17, 15) is 13.2 Å². The van der Waals surface area contributed by atoms with E-state index >= 15 is 0 Å². The van der Waals surface area contributed by atoms with Crippen molar-refractivity contribution in [3.63, 3.8) is 0 Å². The molecule has 25 heavy (non-hydrogen) atoms. The van der Waals surface area contributed by atoms with Gasteiger partial charge in [-0.25, -0.2) is 4.98 Å². The van der Waals surface area contributed by atoms with Gasteiger partial charge in [-0.05, 0) is 55.8 Å². The monoisotopic (exact) mass is 352 g/mol. The molecule has 136 valence electrons. The van der Waals surface area contributed by atoms with Crippen LogP contribution in [-0.4, -0.2) is 23.0 Å². The van der Waals surface area contributed by atoms with Crippen LogP contribution in [0, 0.1) is 5.41 Å². The topological polar surface area (TPSA) is 29.3 Å². The summed E-state index contributed by atoms with van der Waals surface area (Å²) in [6, 6.07) is 2.97. The molecule has 1 aliphatic heterocycles. The summed E-state index contributed by atoms with van der Waals surface area (Å²) in [4.78, 5) is 6.62. The SMILES string of the molecule is CC(C)c1nc2cc([C@@H](C)N3CCC4(CC4)C3)cc(C(F)(F)F)c2o1. The van der Waals surface area contributed by atoms with Gasteiger partial charge in [-0.2, -0.15) is 13.2 Å². The van der Waals surface area contributed by atoms with E-state index < -0.39 is 11.7 Å². The third kappa shape index (κ3) is 2.94. The lowest BCUT2D eigenvalue weighted by Gasteiger charge is -2.25. The number of nitrogens with zero attached hydrogens (tertiary/aromatic N) is 2. The Bertz CT molecular complexity index is 805. The molecule has 1 aromatic heterocycles. The number of benzene rings is 1. The molecule has 0 amide bonds. The molecular formula is C19H23F3N2O. The van der Waals surface area contributed by atoms with E-state index in [2.05, 4.69) is 9.88 Å². The molecule has 4 rings (SSSR count). The molecule has 0 N–H and O–H groups in total. The Morgan fingerprint density at radius 1 is 1.16 bits per heavy atom. The summed E-state index contributed by atoms with van der Waals surface area (Å²) in [5.74, 6) is 0.297. The molecule has 1 aliphatic carbocycles. The molecule has 0 bridgehead atoms. The number of hydrogen-bond donors (Lipinski definition) is 0. The first kappa shape index (κ1) is 16.9. The maximum absolute atomic E-state index is 13.6. The highest BCUT2D eigenvalue weighted by atomic mass is 19.4. The fourth-order valence-corrected chi connectivity index (χ4v) is 3.87. The van der Waals surface area contributed by atoms with Crippen LogP contribution in [0.25, 0.3) is 11.1 Å². The first-order chi connectivity index (χ1) is 11.7. The molecule has 1 spiro atoms. The van der Waals surface area contributed by atoms with E-state index in [-0.39, 0.29) is 17.5 Å². The van der Waals surface area contributed by atoms with Gasteiger partial charge in [-0.15, -0.1) is 0 Å². The molecule has 2 aromatic rings. The number of halogens is 3. The highest BCUT2D eigenvalue weighted by Gasteiger charge is 2.48. The van der Waals surface area contributed by atoms with Gasteiger partial charge in [0.05, 0.1) is 0 Å². The Balaban J connectivity index is 1.76. The zero-order chi connectivity index (χ0) is 18.0. The lowest BCUT2D eigenvalue weighted by Crippen LogP contribution is -2.25. The molecule has 2 aliphatic rings. The third-order valence-corrected chi connectivity index (χ3v) is 5.78. The summed E-state index contributed by atoms with van der Waals surface area (Å²) >= 11 is 0. The van der Waals surface area contributed by atoms with Crippen LogP contribution in [0.2, 0.25) is 0 Å². The minimum absolute atomic E-state index is 0.0512. The van der Waals surface area contributed by atoms with E-state index in [4.69, 9.17) is 4.42 Å². The maximum atomic E-state index is 13.6. The number of fused-ring (bicyclic) bond motifs is 1. The van der Waals surface area contributed by atoms with E-state index in [1.807, 2.05) is 20.8 Å². The number of rotatable bonds is 3. The molecular weight excluding hydrogens is 329 g/mol. The predicted molar refractivity (Wildman–Crippen MR) is 89.4 cm³/mol. The summed E-state index contributed by atoms with van der Waals surface area (Å²) in [5, 5.41) is 0. The largest absolute Gasteiger partial charge is 0.440 e. The van der Waals surface area contributed by atoms with Crippen LogP contribution in [0.1, 0.15) is 69.0 Å². The Labute approximate surface area is 145 Å². The molecule has 0 unspecified atom stereocenters. The first-order valence-corrected chi connectivity index (χ1v) is 8.94. The highest BCUT2D eigenvalue weighted by Crippen LogP contribution is 2.54. The lowest BCUT2D eigenvalue weighted by molar-refractivity contribution is -0.136. The van der Waals surface area contributed by atoms with Gasteiger partial charge in [0.15, 0.2) is 11.5 Å². The van der Waals surface area contributed by atoms with Crippen molar-refractivity contribution in [3.8, 4) is 0 Å². The van der Waals surface area contributed by atoms with Gasteiger partial charge in [-0.3, -0.25) is 4.90 Å². The minimum Gasteiger partial charge on any atom is -0.440 e. The molecule has 1 saturated heterocycles. The average Bonchev–Trinajstić information content (AvgIpc) is 2.95. The van der Waals surface area contributed by atoms with Crippen molar-refractivity contribution >= 4 is 11.1 Å².